The zero-order valence-corrected chi connectivity index (χ0v) is 18.7. The molecule has 1 saturated heterocycles. The Hall–Kier alpha value is -3.64. The summed E-state index contributed by atoms with van der Waals surface area (Å²) < 4.78 is 5.75. The van der Waals surface area contributed by atoms with E-state index in [1.54, 1.807) is 12.1 Å². The minimum Gasteiger partial charge on any atom is -0.492 e. The second-order valence-electron chi connectivity index (χ2n) is 8.01. The standard InChI is InChI=1S/C27H29N3O3/c31-26(30-17-15-29(16-18-30)19-20-33-25-9-5-2-6-10-25)21-28-27(32)24-13-11-23(12-14-24)22-7-3-1-4-8-22/h1-14H,15-21H2,(H,28,32). The number of para-hydroxylation sites is 1. The van der Waals surface area contributed by atoms with Gasteiger partial charge in [0.1, 0.15) is 12.4 Å². The molecule has 3 aromatic rings. The van der Waals surface area contributed by atoms with Gasteiger partial charge in [-0.15, -0.1) is 0 Å². The van der Waals surface area contributed by atoms with Crippen LogP contribution in [0.25, 0.3) is 11.1 Å². The van der Waals surface area contributed by atoms with Gasteiger partial charge in [0, 0.05) is 38.3 Å². The van der Waals surface area contributed by atoms with Gasteiger partial charge in [-0.3, -0.25) is 14.5 Å². The van der Waals surface area contributed by atoms with Crippen LogP contribution in [0.3, 0.4) is 0 Å². The lowest BCUT2D eigenvalue weighted by atomic mass is 10.0. The van der Waals surface area contributed by atoms with Crippen LogP contribution in [0.2, 0.25) is 0 Å². The molecule has 1 heterocycles. The van der Waals surface area contributed by atoms with E-state index in [0.29, 0.717) is 25.3 Å². The van der Waals surface area contributed by atoms with Crippen molar-refractivity contribution in [1.29, 1.82) is 0 Å². The Morgan fingerprint density at radius 3 is 2.03 bits per heavy atom. The van der Waals surface area contributed by atoms with Crippen LogP contribution in [0.4, 0.5) is 0 Å². The van der Waals surface area contributed by atoms with Crippen LogP contribution in [0, 0.1) is 0 Å². The molecule has 170 valence electrons. The van der Waals surface area contributed by atoms with Crippen molar-refractivity contribution in [3.05, 3.63) is 90.5 Å². The van der Waals surface area contributed by atoms with Crippen LogP contribution in [-0.2, 0) is 4.79 Å². The maximum absolute atomic E-state index is 12.5. The fourth-order valence-electron chi connectivity index (χ4n) is 3.84. The molecule has 4 rings (SSSR count). The molecule has 0 unspecified atom stereocenters. The van der Waals surface area contributed by atoms with Crippen molar-refractivity contribution in [2.75, 3.05) is 45.9 Å². The third kappa shape index (κ3) is 6.43. The smallest absolute Gasteiger partial charge is 0.251 e. The number of nitrogens with zero attached hydrogens (tertiary/aromatic N) is 2. The molecular formula is C27H29N3O3. The van der Waals surface area contributed by atoms with Crippen LogP contribution in [0.1, 0.15) is 10.4 Å². The topological polar surface area (TPSA) is 61.9 Å². The highest BCUT2D eigenvalue weighted by atomic mass is 16.5. The zero-order valence-electron chi connectivity index (χ0n) is 18.7. The SMILES string of the molecule is O=C(NCC(=O)N1CCN(CCOc2ccccc2)CC1)c1ccc(-c2ccccc2)cc1. The van der Waals surface area contributed by atoms with Crippen LogP contribution in [0.15, 0.2) is 84.9 Å². The van der Waals surface area contributed by atoms with E-state index in [0.717, 1.165) is 36.5 Å². The quantitative estimate of drug-likeness (QED) is 0.580. The Balaban J connectivity index is 1.17. The van der Waals surface area contributed by atoms with Gasteiger partial charge >= 0.3 is 0 Å². The molecule has 1 aliphatic heterocycles. The highest BCUT2D eigenvalue weighted by Crippen LogP contribution is 2.19. The van der Waals surface area contributed by atoms with Crippen molar-refractivity contribution in [3.63, 3.8) is 0 Å². The van der Waals surface area contributed by atoms with Crippen LogP contribution < -0.4 is 10.1 Å². The highest BCUT2D eigenvalue weighted by Gasteiger charge is 2.21. The number of hydrogen-bond acceptors (Lipinski definition) is 4. The van der Waals surface area contributed by atoms with Crippen molar-refractivity contribution >= 4 is 11.8 Å². The summed E-state index contributed by atoms with van der Waals surface area (Å²) in [5.41, 5.74) is 2.70. The first kappa shape index (κ1) is 22.6. The average molecular weight is 444 g/mol. The average Bonchev–Trinajstić information content (AvgIpc) is 2.89. The molecule has 0 saturated carbocycles. The number of hydrogen-bond donors (Lipinski definition) is 1. The number of rotatable bonds is 8. The van der Waals surface area contributed by atoms with E-state index in [2.05, 4.69) is 10.2 Å². The van der Waals surface area contributed by atoms with Crippen molar-refractivity contribution in [2.45, 2.75) is 0 Å². The minimum atomic E-state index is -0.236. The van der Waals surface area contributed by atoms with Crippen molar-refractivity contribution < 1.29 is 14.3 Å². The lowest BCUT2D eigenvalue weighted by molar-refractivity contribution is -0.131. The molecule has 1 N–H and O–H groups in total. The van der Waals surface area contributed by atoms with E-state index >= 15 is 0 Å². The van der Waals surface area contributed by atoms with Crippen LogP contribution in [-0.4, -0.2) is 67.5 Å². The molecule has 0 aromatic heterocycles. The molecule has 2 amide bonds. The van der Waals surface area contributed by atoms with Gasteiger partial charge in [0.2, 0.25) is 5.91 Å². The van der Waals surface area contributed by atoms with Crippen LogP contribution >= 0.6 is 0 Å². The lowest BCUT2D eigenvalue weighted by Gasteiger charge is -2.34. The number of benzene rings is 3. The summed E-state index contributed by atoms with van der Waals surface area (Å²) in [6.45, 7) is 4.38. The molecule has 0 radical (unpaired) electrons. The summed E-state index contributed by atoms with van der Waals surface area (Å²) in [6, 6.07) is 27.2. The molecule has 0 bridgehead atoms. The maximum Gasteiger partial charge on any atom is 0.251 e. The van der Waals surface area contributed by atoms with Gasteiger partial charge in [-0.05, 0) is 35.4 Å². The fourth-order valence-corrected chi connectivity index (χ4v) is 3.84. The number of piperazine rings is 1. The Morgan fingerprint density at radius 1 is 0.758 bits per heavy atom. The third-order valence-electron chi connectivity index (χ3n) is 5.80. The number of carbonyl (C=O) groups is 2. The predicted molar refractivity (Wildman–Crippen MR) is 129 cm³/mol. The Kier molecular flexibility index (Phi) is 7.72. The molecule has 0 spiro atoms. The predicted octanol–water partition coefficient (Wildman–Crippen LogP) is 3.31. The molecular weight excluding hydrogens is 414 g/mol. The van der Waals surface area contributed by atoms with E-state index in [9.17, 15) is 9.59 Å². The number of ether oxygens (including phenoxy) is 1. The third-order valence-corrected chi connectivity index (χ3v) is 5.80. The minimum absolute atomic E-state index is 0.0103. The van der Waals surface area contributed by atoms with Crippen molar-refractivity contribution in [1.82, 2.24) is 15.1 Å². The Bertz CT molecular complexity index is 1030. The second-order valence-corrected chi connectivity index (χ2v) is 8.01. The van der Waals surface area contributed by atoms with Gasteiger partial charge in [-0.2, -0.15) is 0 Å². The van der Waals surface area contributed by atoms with Gasteiger partial charge in [-0.1, -0.05) is 60.7 Å². The number of carbonyl (C=O) groups excluding carboxylic acids is 2. The second kappa shape index (κ2) is 11.3. The van der Waals surface area contributed by atoms with Crippen molar-refractivity contribution in [2.24, 2.45) is 0 Å². The molecule has 33 heavy (non-hydrogen) atoms. The molecule has 3 aromatic carbocycles. The van der Waals surface area contributed by atoms with Gasteiger partial charge in [-0.25, -0.2) is 0 Å². The number of amides is 2. The van der Waals surface area contributed by atoms with Crippen LogP contribution in [0.5, 0.6) is 5.75 Å². The Morgan fingerprint density at radius 2 is 1.36 bits per heavy atom. The monoisotopic (exact) mass is 443 g/mol. The van der Waals surface area contributed by atoms with E-state index in [-0.39, 0.29) is 18.4 Å². The Labute approximate surface area is 194 Å². The summed E-state index contributed by atoms with van der Waals surface area (Å²) in [5, 5.41) is 2.76. The summed E-state index contributed by atoms with van der Waals surface area (Å²) in [4.78, 5) is 29.1. The van der Waals surface area contributed by atoms with Gasteiger partial charge in [0.15, 0.2) is 0 Å². The molecule has 6 nitrogen and oxygen atoms in total. The zero-order chi connectivity index (χ0) is 22.9. The highest BCUT2D eigenvalue weighted by molar-refractivity contribution is 5.96. The first-order valence-corrected chi connectivity index (χ1v) is 11.3. The molecule has 1 fully saturated rings. The van der Waals surface area contributed by atoms with Gasteiger partial charge < -0.3 is 15.0 Å². The fraction of sp³-hybridized carbons (Fsp3) is 0.259. The molecule has 1 aliphatic rings. The molecule has 0 aliphatic carbocycles. The normalized spacial score (nSPS) is 14.0. The summed E-state index contributed by atoms with van der Waals surface area (Å²) in [5.74, 6) is 0.584. The lowest BCUT2D eigenvalue weighted by Crippen LogP contribution is -2.51. The number of nitrogens with one attached hydrogen (secondary N) is 1. The maximum atomic E-state index is 12.5. The summed E-state index contributed by atoms with van der Waals surface area (Å²) in [6.07, 6.45) is 0. The first-order chi connectivity index (χ1) is 16.2. The first-order valence-electron chi connectivity index (χ1n) is 11.3. The molecule has 0 atom stereocenters. The van der Waals surface area contributed by atoms with E-state index in [4.69, 9.17) is 4.74 Å². The van der Waals surface area contributed by atoms with E-state index in [1.807, 2.05) is 77.7 Å². The summed E-state index contributed by atoms with van der Waals surface area (Å²) in [7, 11) is 0. The molecule has 6 heteroatoms. The van der Waals surface area contributed by atoms with E-state index in [1.165, 1.54) is 0 Å². The summed E-state index contributed by atoms with van der Waals surface area (Å²) >= 11 is 0. The van der Waals surface area contributed by atoms with Gasteiger partial charge in [0.05, 0.1) is 6.54 Å². The van der Waals surface area contributed by atoms with Gasteiger partial charge in [0.25, 0.3) is 5.91 Å². The van der Waals surface area contributed by atoms with E-state index < -0.39 is 0 Å². The largest absolute Gasteiger partial charge is 0.492 e. The van der Waals surface area contributed by atoms with Crippen molar-refractivity contribution in [3.8, 4) is 16.9 Å².